The molecule has 0 bridgehead atoms. The number of nitrogens with two attached hydrogens (primary N) is 1. The average Bonchev–Trinajstić information content (AvgIpc) is 2.90. The first kappa shape index (κ1) is 13.5. The van der Waals surface area contributed by atoms with Gasteiger partial charge in [-0.2, -0.15) is 4.98 Å². The normalized spacial score (nSPS) is 11.2. The van der Waals surface area contributed by atoms with Crippen LogP contribution < -0.4 is 11.1 Å². The first-order chi connectivity index (χ1) is 10.1. The monoisotopic (exact) mass is 281 g/mol. The fourth-order valence-corrected chi connectivity index (χ4v) is 2.24. The van der Waals surface area contributed by atoms with Gasteiger partial charge in [-0.25, -0.2) is 0 Å². The lowest BCUT2D eigenvalue weighted by atomic mass is 10.0. The van der Waals surface area contributed by atoms with Crippen LogP contribution in [-0.4, -0.2) is 4.98 Å². The Bertz CT molecular complexity index is 744. The smallest absolute Gasteiger partial charge is 0.296 e. The summed E-state index contributed by atoms with van der Waals surface area (Å²) < 4.78 is 5.63. The number of hydrogen-bond acceptors (Lipinski definition) is 4. The van der Waals surface area contributed by atoms with E-state index in [1.165, 1.54) is 11.1 Å². The number of nitrogens with one attached hydrogen (secondary N) is 1. The highest BCUT2D eigenvalue weighted by Gasteiger charge is 2.07. The Morgan fingerprint density at radius 3 is 2.57 bits per heavy atom. The number of anilines is 2. The summed E-state index contributed by atoms with van der Waals surface area (Å²) in [6.45, 7) is 5.05. The zero-order valence-electron chi connectivity index (χ0n) is 12.3. The molecule has 3 N–H and O–H groups in total. The standard InChI is InChI=1S/C17H19N3O/c1-11(2)13-8-6-12(7-9-13)10-19-17-20-16-14(18)4-3-5-15(16)21-17/h3-9,11H,10,18H2,1-2H3,(H,19,20). The number of nitrogen functional groups attached to an aromatic ring is 1. The molecular formula is C17H19N3O. The minimum atomic E-state index is 0.496. The summed E-state index contributed by atoms with van der Waals surface area (Å²) >= 11 is 0. The molecule has 0 unspecified atom stereocenters. The van der Waals surface area contributed by atoms with Gasteiger partial charge < -0.3 is 15.5 Å². The van der Waals surface area contributed by atoms with Crippen molar-refractivity contribution >= 4 is 22.8 Å². The van der Waals surface area contributed by atoms with Gasteiger partial charge in [-0.3, -0.25) is 0 Å². The summed E-state index contributed by atoms with van der Waals surface area (Å²) in [6.07, 6.45) is 0. The van der Waals surface area contributed by atoms with E-state index in [2.05, 4.69) is 48.4 Å². The van der Waals surface area contributed by atoms with Gasteiger partial charge in [-0.1, -0.05) is 44.2 Å². The molecule has 2 aromatic carbocycles. The zero-order chi connectivity index (χ0) is 14.8. The Balaban J connectivity index is 1.72. The van der Waals surface area contributed by atoms with E-state index in [0.717, 1.165) is 0 Å². The quantitative estimate of drug-likeness (QED) is 0.705. The number of rotatable bonds is 4. The highest BCUT2D eigenvalue weighted by atomic mass is 16.4. The summed E-state index contributed by atoms with van der Waals surface area (Å²) in [5.41, 5.74) is 10.4. The molecule has 4 nitrogen and oxygen atoms in total. The molecule has 0 fully saturated rings. The zero-order valence-corrected chi connectivity index (χ0v) is 12.3. The van der Waals surface area contributed by atoms with E-state index in [9.17, 15) is 0 Å². The van der Waals surface area contributed by atoms with Gasteiger partial charge in [0.05, 0.1) is 5.69 Å². The molecule has 0 spiro atoms. The fraction of sp³-hybridized carbons (Fsp3) is 0.235. The highest BCUT2D eigenvalue weighted by Crippen LogP contribution is 2.24. The highest BCUT2D eigenvalue weighted by molar-refractivity contribution is 5.86. The number of nitrogens with zero attached hydrogens (tertiary/aromatic N) is 1. The number of para-hydroxylation sites is 1. The van der Waals surface area contributed by atoms with E-state index in [1.54, 1.807) is 0 Å². The van der Waals surface area contributed by atoms with Crippen molar-refractivity contribution in [3.63, 3.8) is 0 Å². The van der Waals surface area contributed by atoms with E-state index in [-0.39, 0.29) is 0 Å². The van der Waals surface area contributed by atoms with Crippen LogP contribution in [-0.2, 0) is 6.54 Å². The van der Waals surface area contributed by atoms with Gasteiger partial charge in [0, 0.05) is 6.54 Å². The molecule has 3 aromatic rings. The summed E-state index contributed by atoms with van der Waals surface area (Å²) in [6, 6.07) is 14.6. The third kappa shape index (κ3) is 2.84. The minimum absolute atomic E-state index is 0.496. The molecular weight excluding hydrogens is 262 g/mol. The van der Waals surface area contributed by atoms with Crippen molar-refractivity contribution in [3.05, 3.63) is 53.6 Å². The molecule has 0 atom stereocenters. The fourth-order valence-electron chi connectivity index (χ4n) is 2.24. The molecule has 21 heavy (non-hydrogen) atoms. The second-order valence-corrected chi connectivity index (χ2v) is 5.46. The van der Waals surface area contributed by atoms with Gasteiger partial charge in [0.15, 0.2) is 5.58 Å². The second kappa shape index (κ2) is 5.48. The van der Waals surface area contributed by atoms with E-state index in [1.807, 2.05) is 18.2 Å². The van der Waals surface area contributed by atoms with Crippen LogP contribution in [0.25, 0.3) is 11.1 Å². The largest absolute Gasteiger partial charge is 0.423 e. The molecule has 4 heteroatoms. The molecule has 0 saturated carbocycles. The molecule has 1 aromatic heterocycles. The molecule has 0 aliphatic carbocycles. The average molecular weight is 281 g/mol. The number of oxazole rings is 1. The Hall–Kier alpha value is -2.49. The van der Waals surface area contributed by atoms with Crippen LogP contribution in [0.1, 0.15) is 30.9 Å². The summed E-state index contributed by atoms with van der Waals surface area (Å²) in [5.74, 6) is 0.548. The lowest BCUT2D eigenvalue weighted by Gasteiger charge is -2.07. The lowest BCUT2D eigenvalue weighted by Crippen LogP contribution is -2.00. The molecule has 0 saturated heterocycles. The Labute approximate surface area is 124 Å². The molecule has 1 heterocycles. The van der Waals surface area contributed by atoms with Gasteiger partial charge in [0.1, 0.15) is 5.52 Å². The van der Waals surface area contributed by atoms with Crippen molar-refractivity contribution in [1.29, 1.82) is 0 Å². The first-order valence-electron chi connectivity index (χ1n) is 7.11. The molecule has 108 valence electrons. The van der Waals surface area contributed by atoms with Gasteiger partial charge in [-0.15, -0.1) is 0 Å². The van der Waals surface area contributed by atoms with E-state index < -0.39 is 0 Å². The topological polar surface area (TPSA) is 64.1 Å². The van der Waals surface area contributed by atoms with Crippen molar-refractivity contribution in [1.82, 2.24) is 4.98 Å². The predicted molar refractivity (Wildman–Crippen MR) is 86.3 cm³/mol. The van der Waals surface area contributed by atoms with Crippen molar-refractivity contribution in [2.75, 3.05) is 11.1 Å². The van der Waals surface area contributed by atoms with Crippen LogP contribution in [0, 0.1) is 0 Å². The summed E-state index contributed by atoms with van der Waals surface area (Å²) in [7, 11) is 0. The third-order valence-corrected chi connectivity index (χ3v) is 3.54. The molecule has 3 rings (SSSR count). The summed E-state index contributed by atoms with van der Waals surface area (Å²) in [4.78, 5) is 4.37. The van der Waals surface area contributed by atoms with Crippen molar-refractivity contribution in [2.45, 2.75) is 26.3 Å². The van der Waals surface area contributed by atoms with Crippen molar-refractivity contribution < 1.29 is 4.42 Å². The van der Waals surface area contributed by atoms with Gasteiger partial charge in [0.2, 0.25) is 0 Å². The Morgan fingerprint density at radius 1 is 1.14 bits per heavy atom. The SMILES string of the molecule is CC(C)c1ccc(CNc2nc3c(N)cccc3o2)cc1. The molecule has 0 aliphatic rings. The minimum Gasteiger partial charge on any atom is -0.423 e. The number of benzene rings is 2. The van der Waals surface area contributed by atoms with Gasteiger partial charge in [0.25, 0.3) is 6.01 Å². The second-order valence-electron chi connectivity index (χ2n) is 5.46. The maximum absolute atomic E-state index is 5.87. The first-order valence-corrected chi connectivity index (χ1v) is 7.11. The number of hydrogen-bond donors (Lipinski definition) is 2. The summed E-state index contributed by atoms with van der Waals surface area (Å²) in [5, 5.41) is 3.19. The van der Waals surface area contributed by atoms with E-state index >= 15 is 0 Å². The van der Waals surface area contributed by atoms with Crippen LogP contribution in [0.5, 0.6) is 0 Å². The van der Waals surface area contributed by atoms with Crippen LogP contribution in [0.3, 0.4) is 0 Å². The van der Waals surface area contributed by atoms with Crippen LogP contribution in [0.2, 0.25) is 0 Å². The Kier molecular flexibility index (Phi) is 3.52. The molecule has 0 aliphatic heterocycles. The third-order valence-electron chi connectivity index (χ3n) is 3.54. The lowest BCUT2D eigenvalue weighted by molar-refractivity contribution is 0.614. The van der Waals surface area contributed by atoms with Crippen LogP contribution >= 0.6 is 0 Å². The predicted octanol–water partition coefficient (Wildman–Crippen LogP) is 4.15. The van der Waals surface area contributed by atoms with Crippen molar-refractivity contribution in [2.24, 2.45) is 0 Å². The molecule has 0 radical (unpaired) electrons. The number of fused-ring (bicyclic) bond motifs is 1. The number of aromatic nitrogens is 1. The molecule has 0 amide bonds. The maximum Gasteiger partial charge on any atom is 0.296 e. The maximum atomic E-state index is 5.87. The van der Waals surface area contributed by atoms with Gasteiger partial charge >= 0.3 is 0 Å². The van der Waals surface area contributed by atoms with E-state index in [4.69, 9.17) is 10.2 Å². The van der Waals surface area contributed by atoms with Crippen LogP contribution in [0.4, 0.5) is 11.7 Å². The van der Waals surface area contributed by atoms with Crippen LogP contribution in [0.15, 0.2) is 46.9 Å². The van der Waals surface area contributed by atoms with Crippen molar-refractivity contribution in [3.8, 4) is 0 Å². The Morgan fingerprint density at radius 2 is 1.90 bits per heavy atom. The van der Waals surface area contributed by atoms with E-state index in [0.29, 0.717) is 35.3 Å². The van der Waals surface area contributed by atoms with Gasteiger partial charge in [-0.05, 0) is 29.2 Å².